The Kier molecular flexibility index (Phi) is 3.28. The number of benzene rings is 1. The van der Waals surface area contributed by atoms with Crippen LogP contribution >= 0.6 is 0 Å². The molecule has 0 aliphatic heterocycles. The number of aryl methyl sites for hydroxylation is 1. The summed E-state index contributed by atoms with van der Waals surface area (Å²) in [4.78, 5) is 0. The van der Waals surface area contributed by atoms with Crippen molar-refractivity contribution in [3.05, 3.63) is 35.5 Å². The highest BCUT2D eigenvalue weighted by atomic mass is 15.2. The Labute approximate surface area is 114 Å². The lowest BCUT2D eigenvalue weighted by Crippen LogP contribution is -2.04. The highest BCUT2D eigenvalue weighted by Gasteiger charge is 2.16. The van der Waals surface area contributed by atoms with E-state index in [0.29, 0.717) is 5.82 Å². The van der Waals surface area contributed by atoms with Gasteiger partial charge in [-0.15, -0.1) is 0 Å². The molecule has 0 atom stereocenters. The summed E-state index contributed by atoms with van der Waals surface area (Å²) in [6.07, 6.45) is 6.83. The second-order valence-corrected chi connectivity index (χ2v) is 5.57. The highest BCUT2D eigenvalue weighted by molar-refractivity contribution is 5.76. The molecule has 1 aromatic heterocycles. The van der Waals surface area contributed by atoms with Crippen LogP contribution < -0.4 is 5.73 Å². The fourth-order valence-electron chi connectivity index (χ4n) is 3.17. The maximum atomic E-state index is 5.91. The van der Waals surface area contributed by atoms with E-state index in [-0.39, 0.29) is 0 Å². The molecule has 1 fully saturated rings. The Hall–Kier alpha value is -1.77. The molecule has 1 heterocycles. The Morgan fingerprint density at radius 3 is 2.37 bits per heavy atom. The second kappa shape index (κ2) is 5.08. The summed E-state index contributed by atoms with van der Waals surface area (Å²) in [5.74, 6) is 1.34. The molecule has 19 heavy (non-hydrogen) atoms. The van der Waals surface area contributed by atoms with Crippen molar-refractivity contribution in [2.24, 2.45) is 0 Å². The Bertz CT molecular complexity index is 528. The number of nitrogen functional groups attached to an aromatic ring is 1. The van der Waals surface area contributed by atoms with Crippen LogP contribution in [0.2, 0.25) is 0 Å². The third kappa shape index (κ3) is 2.37. The summed E-state index contributed by atoms with van der Waals surface area (Å²) >= 11 is 0. The SMILES string of the molecule is Cc1[nH]nc(N)c1-c1ccc(C2CCCCC2)cc1. The summed E-state index contributed by atoms with van der Waals surface area (Å²) in [6.45, 7) is 2.01. The summed E-state index contributed by atoms with van der Waals surface area (Å²) in [7, 11) is 0. The molecular formula is C16H21N3. The first kappa shape index (κ1) is 12.3. The van der Waals surface area contributed by atoms with Crippen LogP contribution in [0.3, 0.4) is 0 Å². The molecule has 0 radical (unpaired) electrons. The van der Waals surface area contributed by atoms with Gasteiger partial charge < -0.3 is 5.73 Å². The van der Waals surface area contributed by atoms with Crippen LogP contribution in [0.15, 0.2) is 24.3 Å². The van der Waals surface area contributed by atoms with Crippen LogP contribution in [0.4, 0.5) is 5.82 Å². The average molecular weight is 255 g/mol. The topological polar surface area (TPSA) is 54.7 Å². The molecule has 1 aliphatic rings. The smallest absolute Gasteiger partial charge is 0.153 e. The Balaban J connectivity index is 1.86. The highest BCUT2D eigenvalue weighted by Crippen LogP contribution is 2.34. The minimum absolute atomic E-state index is 0.586. The molecule has 100 valence electrons. The van der Waals surface area contributed by atoms with Crippen LogP contribution in [-0.4, -0.2) is 10.2 Å². The van der Waals surface area contributed by atoms with Crippen LogP contribution in [0.5, 0.6) is 0 Å². The first-order valence-electron chi connectivity index (χ1n) is 7.16. The minimum atomic E-state index is 0.586. The average Bonchev–Trinajstić information content (AvgIpc) is 2.79. The molecule has 1 saturated carbocycles. The number of hydrogen-bond donors (Lipinski definition) is 2. The van der Waals surface area contributed by atoms with Gasteiger partial charge in [-0.3, -0.25) is 5.10 Å². The molecule has 3 heteroatoms. The predicted octanol–water partition coefficient (Wildman–Crippen LogP) is 4.02. The standard InChI is InChI=1S/C16H21N3/c1-11-15(16(17)19-18-11)14-9-7-13(8-10-14)12-5-3-2-4-6-12/h7-10,12H,2-6H2,1H3,(H3,17,18,19). The van der Waals surface area contributed by atoms with Crippen molar-refractivity contribution in [2.45, 2.75) is 44.9 Å². The number of aromatic nitrogens is 2. The number of H-pyrrole nitrogens is 1. The molecule has 3 N–H and O–H groups in total. The molecule has 0 spiro atoms. The summed E-state index contributed by atoms with van der Waals surface area (Å²) in [5.41, 5.74) is 10.6. The monoisotopic (exact) mass is 255 g/mol. The van der Waals surface area contributed by atoms with Gasteiger partial charge in [-0.2, -0.15) is 5.10 Å². The van der Waals surface area contributed by atoms with E-state index in [1.807, 2.05) is 6.92 Å². The van der Waals surface area contributed by atoms with Crippen LogP contribution in [0, 0.1) is 6.92 Å². The number of rotatable bonds is 2. The van der Waals surface area contributed by atoms with Crippen LogP contribution in [0.25, 0.3) is 11.1 Å². The van der Waals surface area contributed by atoms with Gasteiger partial charge in [0.05, 0.1) is 0 Å². The number of hydrogen-bond acceptors (Lipinski definition) is 2. The first-order valence-corrected chi connectivity index (χ1v) is 7.16. The van der Waals surface area contributed by atoms with Crippen molar-refractivity contribution in [3.63, 3.8) is 0 Å². The molecule has 3 nitrogen and oxygen atoms in total. The second-order valence-electron chi connectivity index (χ2n) is 5.57. The minimum Gasteiger partial charge on any atom is -0.382 e. The maximum absolute atomic E-state index is 5.91. The normalized spacial score (nSPS) is 16.7. The molecule has 0 bridgehead atoms. The van der Waals surface area contributed by atoms with Crippen molar-refractivity contribution in [1.82, 2.24) is 10.2 Å². The number of nitrogens with two attached hydrogens (primary N) is 1. The third-order valence-electron chi connectivity index (χ3n) is 4.25. The van der Waals surface area contributed by atoms with E-state index < -0.39 is 0 Å². The van der Waals surface area contributed by atoms with Gasteiger partial charge in [0.2, 0.25) is 0 Å². The van der Waals surface area contributed by atoms with E-state index in [2.05, 4.69) is 34.5 Å². The summed E-state index contributed by atoms with van der Waals surface area (Å²) in [6, 6.07) is 8.88. The molecule has 2 aromatic rings. The van der Waals surface area contributed by atoms with Gasteiger partial charge in [-0.25, -0.2) is 0 Å². The van der Waals surface area contributed by atoms with E-state index in [9.17, 15) is 0 Å². The lowest BCUT2D eigenvalue weighted by molar-refractivity contribution is 0.443. The number of anilines is 1. The molecule has 1 aromatic carbocycles. The lowest BCUT2D eigenvalue weighted by atomic mass is 9.84. The van der Waals surface area contributed by atoms with Gasteiger partial charge >= 0.3 is 0 Å². The predicted molar refractivity (Wildman–Crippen MR) is 79.0 cm³/mol. The zero-order valence-electron chi connectivity index (χ0n) is 11.4. The van der Waals surface area contributed by atoms with Crippen molar-refractivity contribution >= 4 is 5.82 Å². The van der Waals surface area contributed by atoms with Crippen LogP contribution in [-0.2, 0) is 0 Å². The van der Waals surface area contributed by atoms with Gasteiger partial charge in [0.15, 0.2) is 5.82 Å². The molecule has 3 rings (SSSR count). The number of aromatic amines is 1. The van der Waals surface area contributed by atoms with E-state index in [4.69, 9.17) is 5.73 Å². The summed E-state index contributed by atoms with van der Waals surface area (Å²) < 4.78 is 0. The first-order chi connectivity index (χ1) is 9.25. The largest absolute Gasteiger partial charge is 0.382 e. The van der Waals surface area contributed by atoms with Gasteiger partial charge in [0.1, 0.15) is 0 Å². The number of nitrogens with zero attached hydrogens (tertiary/aromatic N) is 1. The Morgan fingerprint density at radius 1 is 1.11 bits per heavy atom. The maximum Gasteiger partial charge on any atom is 0.153 e. The third-order valence-corrected chi connectivity index (χ3v) is 4.25. The fourth-order valence-corrected chi connectivity index (χ4v) is 3.17. The molecule has 1 aliphatic carbocycles. The van der Waals surface area contributed by atoms with Crippen molar-refractivity contribution < 1.29 is 0 Å². The van der Waals surface area contributed by atoms with Crippen molar-refractivity contribution in [1.29, 1.82) is 0 Å². The molecular weight excluding hydrogens is 234 g/mol. The summed E-state index contributed by atoms with van der Waals surface area (Å²) in [5, 5.41) is 7.00. The van der Waals surface area contributed by atoms with E-state index in [0.717, 1.165) is 22.7 Å². The van der Waals surface area contributed by atoms with Crippen molar-refractivity contribution in [3.8, 4) is 11.1 Å². The quantitative estimate of drug-likeness (QED) is 0.851. The van der Waals surface area contributed by atoms with Gasteiger partial charge in [0.25, 0.3) is 0 Å². The zero-order chi connectivity index (χ0) is 13.2. The van der Waals surface area contributed by atoms with E-state index in [1.54, 1.807) is 0 Å². The molecule has 0 saturated heterocycles. The fraction of sp³-hybridized carbons (Fsp3) is 0.438. The van der Waals surface area contributed by atoms with Crippen LogP contribution in [0.1, 0.15) is 49.3 Å². The Morgan fingerprint density at radius 2 is 1.79 bits per heavy atom. The molecule has 0 amide bonds. The lowest BCUT2D eigenvalue weighted by Gasteiger charge is -2.22. The number of nitrogens with one attached hydrogen (secondary N) is 1. The van der Waals surface area contributed by atoms with E-state index >= 15 is 0 Å². The molecule has 0 unspecified atom stereocenters. The van der Waals surface area contributed by atoms with Gasteiger partial charge in [0, 0.05) is 11.3 Å². The van der Waals surface area contributed by atoms with E-state index in [1.165, 1.54) is 37.7 Å². The van der Waals surface area contributed by atoms with Gasteiger partial charge in [-0.1, -0.05) is 43.5 Å². The van der Waals surface area contributed by atoms with Gasteiger partial charge in [-0.05, 0) is 36.8 Å². The van der Waals surface area contributed by atoms with Crippen molar-refractivity contribution in [2.75, 3.05) is 5.73 Å². The zero-order valence-corrected chi connectivity index (χ0v) is 11.4.